The van der Waals surface area contributed by atoms with Crippen LogP contribution in [-0.2, 0) is 0 Å². The molecule has 0 aromatic rings. The maximum absolute atomic E-state index is 3.25. The van der Waals surface area contributed by atoms with E-state index in [1.807, 2.05) is 0 Å². The Kier molecular flexibility index (Phi) is 82.5. The Morgan fingerprint density at radius 2 is 1.17 bits per heavy atom. The predicted octanol–water partition coefficient (Wildman–Crippen LogP) is 1.76. The van der Waals surface area contributed by atoms with Crippen LogP contribution in [0.5, 0.6) is 0 Å². The van der Waals surface area contributed by atoms with Gasteiger partial charge in [-0.1, -0.05) is 0 Å². The summed E-state index contributed by atoms with van der Waals surface area (Å²) in [4.78, 5) is 0. The fraction of sp³-hybridized carbons (Fsp3) is 0.750. The largest absolute Gasteiger partial charge is 0.346 e. The first-order chi connectivity index (χ1) is 2.41. The van der Waals surface area contributed by atoms with Crippen LogP contribution in [0, 0.1) is 38.0 Å². The quantitative estimate of drug-likeness (QED) is 0.469. The van der Waals surface area contributed by atoms with E-state index in [4.69, 9.17) is 0 Å². The van der Waals surface area contributed by atoms with E-state index in [0.717, 1.165) is 8.58 Å². The second kappa shape index (κ2) is 31.6. The Labute approximate surface area is 66.6 Å². The van der Waals surface area contributed by atoms with Gasteiger partial charge in [-0.3, -0.25) is 0 Å². The van der Waals surface area contributed by atoms with Gasteiger partial charge in [0.2, 0.25) is 0 Å². The van der Waals surface area contributed by atoms with E-state index in [9.17, 15) is 0 Å². The summed E-state index contributed by atoms with van der Waals surface area (Å²) in [7, 11) is 1.08. The molecule has 0 bridgehead atoms. The molecule has 6 heavy (non-hydrogen) atoms. The predicted molar refractivity (Wildman–Crippen MR) is 31.2 cm³/mol. The molecule has 0 aromatic carbocycles. The summed E-state index contributed by atoms with van der Waals surface area (Å²) in [6.07, 6.45) is 0. The second-order valence-electron chi connectivity index (χ2n) is 0.500. The van der Waals surface area contributed by atoms with E-state index in [0.29, 0.717) is 0 Å². The smallest absolute Gasteiger partial charge is 0 e. The van der Waals surface area contributed by atoms with Crippen LogP contribution >= 0.6 is 8.58 Å². The van der Waals surface area contributed by atoms with E-state index in [1.165, 1.54) is 0 Å². The summed E-state index contributed by atoms with van der Waals surface area (Å²) >= 11 is 0. The normalized spacial score (nSPS) is 4.00. The molecule has 0 N–H and O–H groups in total. The van der Waals surface area contributed by atoms with Gasteiger partial charge in [0.05, 0.1) is 0 Å². The molecule has 0 radical (unpaired) electrons. The van der Waals surface area contributed by atoms with Crippen molar-refractivity contribution in [2.24, 2.45) is 0 Å². The zero-order chi connectivity index (χ0) is 4.71. The van der Waals surface area contributed by atoms with Gasteiger partial charge < -0.3 is 6.92 Å². The second-order valence-corrected chi connectivity index (χ2v) is 1.50. The summed E-state index contributed by atoms with van der Waals surface area (Å²) in [5.74, 6) is 0. The maximum Gasteiger partial charge on any atom is 0 e. The minimum atomic E-state index is 0. The molecule has 0 aliphatic carbocycles. The van der Waals surface area contributed by atoms with Crippen molar-refractivity contribution in [1.82, 2.24) is 0 Å². The molecule has 0 atom stereocenters. The molecule has 0 aliphatic rings. The van der Waals surface area contributed by atoms with Gasteiger partial charge in [0.25, 0.3) is 0 Å². The molecule has 0 amide bonds. The van der Waals surface area contributed by atoms with Crippen LogP contribution in [0.2, 0.25) is 0 Å². The van der Waals surface area contributed by atoms with E-state index >= 15 is 0 Å². The van der Waals surface area contributed by atoms with Crippen LogP contribution in [0.15, 0.2) is 0 Å². The van der Waals surface area contributed by atoms with Gasteiger partial charge >= 0.3 is 0 Å². The molecule has 2 heteroatoms. The van der Waals surface area contributed by atoms with Crippen LogP contribution in [0.3, 0.4) is 0 Å². The molecule has 0 saturated heterocycles. The summed E-state index contributed by atoms with van der Waals surface area (Å²) in [5, 5.41) is 0. The first kappa shape index (κ1) is 15.6. The molecule has 0 aromatic heterocycles. The Balaban J connectivity index is -0.0000000275. The van der Waals surface area contributed by atoms with Gasteiger partial charge in [0.15, 0.2) is 0 Å². The van der Waals surface area contributed by atoms with E-state index in [-0.39, 0.29) is 31.1 Å². The standard InChI is InChI=1S/C2H7P.C2H5.U/c1-3-2;1-2;/h3H,1-2H3;1H2,2H3;/q;-1;. The molecule has 0 nitrogen and oxygen atoms in total. The van der Waals surface area contributed by atoms with Crippen molar-refractivity contribution >= 4 is 8.58 Å². The van der Waals surface area contributed by atoms with E-state index in [1.54, 1.807) is 6.92 Å². The van der Waals surface area contributed by atoms with Crippen LogP contribution in [0.1, 0.15) is 6.92 Å². The third-order valence-corrected chi connectivity index (χ3v) is 0. The Bertz CT molecular complexity index is 7.51. The molecular weight excluding hydrogens is 317 g/mol. The molecular formula is C4H12PU-. The Morgan fingerprint density at radius 3 is 1.17 bits per heavy atom. The van der Waals surface area contributed by atoms with Gasteiger partial charge in [0, 0.05) is 31.1 Å². The molecule has 0 aliphatic heterocycles. The van der Waals surface area contributed by atoms with Crippen molar-refractivity contribution in [1.29, 1.82) is 0 Å². The molecule has 0 spiro atoms. The van der Waals surface area contributed by atoms with Gasteiger partial charge in [0.1, 0.15) is 0 Å². The molecule has 0 fully saturated rings. The van der Waals surface area contributed by atoms with Crippen molar-refractivity contribution in [3.05, 3.63) is 6.92 Å². The van der Waals surface area contributed by atoms with Crippen LogP contribution < -0.4 is 0 Å². The number of hydrogen-bond acceptors (Lipinski definition) is 0. The number of hydrogen-bond donors (Lipinski definition) is 0. The average Bonchev–Trinajstić information content (AvgIpc) is 1.46. The third-order valence-electron chi connectivity index (χ3n) is 0. The van der Waals surface area contributed by atoms with E-state index in [2.05, 4.69) is 20.3 Å². The molecule has 0 saturated carbocycles. The van der Waals surface area contributed by atoms with Crippen molar-refractivity contribution in [3.63, 3.8) is 0 Å². The SMILES string of the molecule is CPC.[CH2-]C.[U]. The zero-order valence-corrected chi connectivity index (χ0v) is 9.87. The summed E-state index contributed by atoms with van der Waals surface area (Å²) in [6, 6.07) is 0. The van der Waals surface area contributed by atoms with Crippen molar-refractivity contribution < 1.29 is 31.1 Å². The monoisotopic (exact) mass is 329 g/mol. The Hall–Kier alpha value is 1.48. The zero-order valence-electron chi connectivity index (χ0n) is 4.71. The summed E-state index contributed by atoms with van der Waals surface area (Å²) < 4.78 is 0. The van der Waals surface area contributed by atoms with Crippen LogP contribution in [-0.4, -0.2) is 13.3 Å². The van der Waals surface area contributed by atoms with Gasteiger partial charge in [-0.2, -0.15) is 6.92 Å². The number of rotatable bonds is 0. The first-order valence-electron chi connectivity index (χ1n) is 1.71. The van der Waals surface area contributed by atoms with Crippen molar-refractivity contribution in [2.45, 2.75) is 6.92 Å². The third kappa shape index (κ3) is 50.1. The summed E-state index contributed by atoms with van der Waals surface area (Å²) in [6.45, 7) is 9.31. The topological polar surface area (TPSA) is 0 Å². The van der Waals surface area contributed by atoms with Gasteiger partial charge in [-0.05, 0) is 13.3 Å². The van der Waals surface area contributed by atoms with Crippen LogP contribution in [0.4, 0.5) is 0 Å². The van der Waals surface area contributed by atoms with Gasteiger partial charge in [-0.25, -0.2) is 0 Å². The molecule has 0 unspecified atom stereocenters. The van der Waals surface area contributed by atoms with Gasteiger partial charge in [-0.15, -0.1) is 8.58 Å². The molecule has 38 valence electrons. The Morgan fingerprint density at radius 1 is 1.17 bits per heavy atom. The fourth-order valence-electron chi connectivity index (χ4n) is 0. The van der Waals surface area contributed by atoms with Crippen molar-refractivity contribution in [3.8, 4) is 0 Å². The van der Waals surface area contributed by atoms with E-state index < -0.39 is 0 Å². The van der Waals surface area contributed by atoms with Crippen molar-refractivity contribution in [2.75, 3.05) is 13.3 Å². The van der Waals surface area contributed by atoms with Crippen LogP contribution in [0.25, 0.3) is 0 Å². The molecule has 0 rings (SSSR count). The maximum atomic E-state index is 3.25. The summed E-state index contributed by atoms with van der Waals surface area (Å²) in [5.41, 5.74) is 0. The minimum absolute atomic E-state index is 0. The molecule has 0 heterocycles. The first-order valence-corrected chi connectivity index (χ1v) is 3.71. The fourth-order valence-corrected chi connectivity index (χ4v) is 0. The minimum Gasteiger partial charge on any atom is -0.346 e. The average molecular weight is 329 g/mol.